The molecule has 1 fully saturated rings. The third-order valence-corrected chi connectivity index (χ3v) is 5.88. The molecule has 1 aliphatic rings. The van der Waals surface area contributed by atoms with Crippen LogP contribution < -0.4 is 4.18 Å². The Bertz CT molecular complexity index is 631. The zero-order chi connectivity index (χ0) is 18.5. The highest BCUT2D eigenvalue weighted by atomic mass is 32.2. The number of unbranched alkanes of at least 4 members (excludes halogenated alkanes) is 2. The highest BCUT2D eigenvalue weighted by molar-refractivity contribution is 7.88. The third-order valence-electron chi connectivity index (χ3n) is 4.90. The molecule has 0 saturated heterocycles. The molecule has 0 spiro atoms. The molecule has 1 aromatic rings. The normalized spacial score (nSPS) is 21.9. The Morgan fingerprint density at radius 2 is 1.64 bits per heavy atom. The topological polar surface area (TPSA) is 43.4 Å². The van der Waals surface area contributed by atoms with E-state index in [2.05, 4.69) is 11.1 Å². The van der Waals surface area contributed by atoms with Crippen molar-refractivity contribution in [2.75, 3.05) is 0 Å². The quantitative estimate of drug-likeness (QED) is 0.344. The fraction of sp³-hybridized carbons (Fsp3) is 0.667. The number of rotatable bonds is 7. The highest BCUT2D eigenvalue weighted by Gasteiger charge is 2.48. The van der Waals surface area contributed by atoms with Gasteiger partial charge in [-0.3, -0.25) is 0 Å². The first-order chi connectivity index (χ1) is 11.7. The predicted molar refractivity (Wildman–Crippen MR) is 90.9 cm³/mol. The van der Waals surface area contributed by atoms with E-state index in [4.69, 9.17) is 0 Å². The van der Waals surface area contributed by atoms with Gasteiger partial charge >= 0.3 is 15.6 Å². The molecule has 0 aromatic heterocycles. The van der Waals surface area contributed by atoms with E-state index in [1.54, 1.807) is 12.1 Å². The lowest BCUT2D eigenvalue weighted by molar-refractivity contribution is -0.0500. The number of halogens is 3. The zero-order valence-corrected chi connectivity index (χ0v) is 15.2. The van der Waals surface area contributed by atoms with Crippen molar-refractivity contribution in [1.82, 2.24) is 0 Å². The fourth-order valence-corrected chi connectivity index (χ4v) is 3.90. The lowest BCUT2D eigenvalue weighted by Crippen LogP contribution is -2.28. The lowest BCUT2D eigenvalue weighted by Gasteiger charge is -2.29. The fourth-order valence-electron chi connectivity index (χ4n) is 3.44. The first-order valence-corrected chi connectivity index (χ1v) is 10.2. The van der Waals surface area contributed by atoms with Crippen LogP contribution in [0.4, 0.5) is 13.2 Å². The second-order valence-corrected chi connectivity index (χ2v) is 8.30. The molecule has 2 rings (SSSR count). The van der Waals surface area contributed by atoms with Gasteiger partial charge in [0.2, 0.25) is 0 Å². The molecular weight excluding hydrogens is 353 g/mol. The molecule has 0 heterocycles. The van der Waals surface area contributed by atoms with Gasteiger partial charge in [-0.25, -0.2) is 0 Å². The Hall–Kier alpha value is -1.24. The van der Waals surface area contributed by atoms with Crippen LogP contribution in [0.5, 0.6) is 5.75 Å². The summed E-state index contributed by atoms with van der Waals surface area (Å²) >= 11 is 0. The summed E-state index contributed by atoms with van der Waals surface area (Å²) in [4.78, 5) is 0. The summed E-state index contributed by atoms with van der Waals surface area (Å²) in [7, 11) is -5.61. The molecule has 142 valence electrons. The minimum Gasteiger partial charge on any atom is -0.376 e. The number of benzene rings is 1. The van der Waals surface area contributed by atoms with E-state index in [1.807, 2.05) is 0 Å². The summed E-state index contributed by atoms with van der Waals surface area (Å²) in [6.07, 6.45) is 9.56. The summed E-state index contributed by atoms with van der Waals surface area (Å²) < 4.78 is 63.1. The van der Waals surface area contributed by atoms with Crippen LogP contribution in [0.1, 0.15) is 69.8 Å². The summed E-state index contributed by atoms with van der Waals surface area (Å²) in [5.74, 6) is 0.854. The first-order valence-electron chi connectivity index (χ1n) is 8.83. The van der Waals surface area contributed by atoms with E-state index in [-0.39, 0.29) is 5.75 Å². The Morgan fingerprint density at radius 1 is 1.04 bits per heavy atom. The van der Waals surface area contributed by atoms with Crippen molar-refractivity contribution < 1.29 is 25.8 Å². The van der Waals surface area contributed by atoms with E-state index < -0.39 is 15.6 Å². The molecule has 1 aliphatic carbocycles. The average Bonchev–Trinajstić information content (AvgIpc) is 2.55. The summed E-state index contributed by atoms with van der Waals surface area (Å²) in [5, 5.41) is 0. The minimum absolute atomic E-state index is 0.311. The van der Waals surface area contributed by atoms with Crippen LogP contribution in [0.15, 0.2) is 24.3 Å². The van der Waals surface area contributed by atoms with Crippen molar-refractivity contribution in [2.24, 2.45) is 5.92 Å². The number of hydrogen-bond donors (Lipinski definition) is 0. The van der Waals surface area contributed by atoms with Gasteiger partial charge in [-0.1, -0.05) is 44.7 Å². The van der Waals surface area contributed by atoms with Crippen molar-refractivity contribution in [1.29, 1.82) is 0 Å². The van der Waals surface area contributed by atoms with Gasteiger partial charge in [-0.15, -0.1) is 0 Å². The van der Waals surface area contributed by atoms with Crippen molar-refractivity contribution in [3.63, 3.8) is 0 Å². The smallest absolute Gasteiger partial charge is 0.376 e. The van der Waals surface area contributed by atoms with Crippen molar-refractivity contribution in [2.45, 2.75) is 69.7 Å². The third kappa shape index (κ3) is 5.62. The predicted octanol–water partition coefficient (Wildman–Crippen LogP) is 5.77. The van der Waals surface area contributed by atoms with E-state index >= 15 is 0 Å². The monoisotopic (exact) mass is 378 g/mol. The second-order valence-electron chi connectivity index (χ2n) is 6.77. The summed E-state index contributed by atoms with van der Waals surface area (Å²) in [5.41, 5.74) is -4.38. The summed E-state index contributed by atoms with van der Waals surface area (Å²) in [6.45, 7) is 2.20. The largest absolute Gasteiger partial charge is 0.534 e. The van der Waals surface area contributed by atoms with E-state index in [0.29, 0.717) is 5.92 Å². The Morgan fingerprint density at radius 3 is 2.16 bits per heavy atom. The van der Waals surface area contributed by atoms with Crippen molar-refractivity contribution >= 4 is 10.1 Å². The van der Waals surface area contributed by atoms with Gasteiger partial charge in [-0.2, -0.15) is 21.6 Å². The Labute approximate surface area is 147 Å². The zero-order valence-electron chi connectivity index (χ0n) is 14.4. The first kappa shape index (κ1) is 20.1. The van der Waals surface area contributed by atoms with E-state index in [1.165, 1.54) is 50.7 Å². The van der Waals surface area contributed by atoms with Gasteiger partial charge in [0.1, 0.15) is 5.75 Å². The van der Waals surface area contributed by atoms with Crippen LogP contribution in [0, 0.1) is 5.92 Å². The lowest BCUT2D eigenvalue weighted by atomic mass is 9.77. The highest BCUT2D eigenvalue weighted by Crippen LogP contribution is 2.38. The Kier molecular flexibility index (Phi) is 6.77. The average molecular weight is 378 g/mol. The SMILES string of the molecule is CCCCCC1CCC(c2ccc(OS(=O)(=O)C(F)(F)F)cc2)CC1. The van der Waals surface area contributed by atoms with E-state index in [9.17, 15) is 21.6 Å². The van der Waals surface area contributed by atoms with Crippen molar-refractivity contribution in [3.05, 3.63) is 29.8 Å². The molecule has 0 bridgehead atoms. The van der Waals surface area contributed by atoms with Gasteiger partial charge < -0.3 is 4.18 Å². The van der Waals surface area contributed by atoms with Gasteiger partial charge in [0.05, 0.1) is 0 Å². The molecule has 3 nitrogen and oxygen atoms in total. The van der Waals surface area contributed by atoms with E-state index in [0.717, 1.165) is 24.3 Å². The molecule has 0 unspecified atom stereocenters. The maximum Gasteiger partial charge on any atom is 0.534 e. The number of hydrogen-bond acceptors (Lipinski definition) is 3. The molecular formula is C18H25F3O3S. The standard InChI is InChI=1S/C18H25F3O3S/c1-2-3-4-5-14-6-8-15(9-7-14)16-10-12-17(13-11-16)24-25(22,23)18(19,20)21/h10-15H,2-9H2,1H3. The van der Waals surface area contributed by atoms with Crippen LogP contribution in [0.3, 0.4) is 0 Å². The molecule has 0 atom stereocenters. The molecule has 25 heavy (non-hydrogen) atoms. The van der Waals surface area contributed by atoms with Crippen LogP contribution >= 0.6 is 0 Å². The molecule has 7 heteroatoms. The molecule has 0 amide bonds. The van der Waals surface area contributed by atoms with Crippen molar-refractivity contribution in [3.8, 4) is 5.75 Å². The van der Waals surface area contributed by atoms with Crippen LogP contribution in [-0.4, -0.2) is 13.9 Å². The summed E-state index contributed by atoms with van der Waals surface area (Å²) in [6, 6.07) is 5.94. The van der Waals surface area contributed by atoms with Gasteiger partial charge in [-0.05, 0) is 55.2 Å². The maximum atomic E-state index is 12.3. The van der Waals surface area contributed by atoms with Gasteiger partial charge in [0, 0.05) is 0 Å². The molecule has 0 aliphatic heterocycles. The van der Waals surface area contributed by atoms with Crippen LogP contribution in [-0.2, 0) is 10.1 Å². The maximum absolute atomic E-state index is 12.3. The van der Waals surface area contributed by atoms with Crippen LogP contribution in [0.25, 0.3) is 0 Å². The number of alkyl halides is 3. The minimum atomic E-state index is -5.61. The molecule has 0 radical (unpaired) electrons. The Balaban J connectivity index is 1.89. The molecule has 0 N–H and O–H groups in total. The second kappa shape index (κ2) is 8.43. The van der Waals surface area contributed by atoms with Crippen LogP contribution in [0.2, 0.25) is 0 Å². The van der Waals surface area contributed by atoms with Gasteiger partial charge in [0.25, 0.3) is 0 Å². The van der Waals surface area contributed by atoms with Gasteiger partial charge in [0.15, 0.2) is 0 Å². The molecule has 1 aromatic carbocycles. The molecule has 1 saturated carbocycles.